The molecule has 0 spiro atoms. The summed E-state index contributed by atoms with van der Waals surface area (Å²) in [6.07, 6.45) is 3.52. The average Bonchev–Trinajstić information content (AvgIpc) is 2.98. The van der Waals surface area contributed by atoms with Gasteiger partial charge in [0.2, 0.25) is 5.91 Å². The maximum atomic E-state index is 12.6. The molecule has 1 atom stereocenters. The number of amides is 1. The molecule has 0 radical (unpaired) electrons. The van der Waals surface area contributed by atoms with Crippen LogP contribution in [0.4, 0.5) is 17.1 Å². The van der Waals surface area contributed by atoms with Crippen molar-refractivity contribution in [1.82, 2.24) is 0 Å². The Kier molecular flexibility index (Phi) is 5.06. The molecule has 0 saturated carbocycles. The van der Waals surface area contributed by atoms with Gasteiger partial charge in [0.15, 0.2) is 0 Å². The number of benzene rings is 2. The van der Waals surface area contributed by atoms with E-state index in [1.54, 1.807) is 0 Å². The fourth-order valence-electron chi connectivity index (χ4n) is 4.25. The highest BCUT2D eigenvalue weighted by Crippen LogP contribution is 2.31. The molecule has 2 aliphatic heterocycles. The summed E-state index contributed by atoms with van der Waals surface area (Å²) in [4.78, 5) is 17.2. The molecule has 1 N–H and O–H groups in total. The standard InChI is InChI=1S/C23H29N3O/c1-17-11-13-25(14-12-17)21-9-7-20(8-10-21)24-23(27)16-26-18(2)15-19-5-3-4-6-22(19)26/h3-10,17-18H,11-16H2,1-2H3,(H,24,27). The van der Waals surface area contributed by atoms with Gasteiger partial charge in [-0.3, -0.25) is 4.79 Å². The van der Waals surface area contributed by atoms with Crippen LogP contribution in [0.2, 0.25) is 0 Å². The lowest BCUT2D eigenvalue weighted by molar-refractivity contribution is -0.115. The molecule has 2 aliphatic rings. The molecule has 0 aliphatic carbocycles. The van der Waals surface area contributed by atoms with E-state index in [1.165, 1.54) is 29.8 Å². The monoisotopic (exact) mass is 363 g/mol. The second-order valence-corrected chi connectivity index (χ2v) is 8.07. The Hall–Kier alpha value is -2.49. The number of carbonyl (C=O) groups is 1. The predicted molar refractivity (Wildman–Crippen MR) is 113 cm³/mol. The van der Waals surface area contributed by atoms with Crippen molar-refractivity contribution in [2.75, 3.05) is 34.8 Å². The van der Waals surface area contributed by atoms with Crippen molar-refractivity contribution < 1.29 is 4.79 Å². The number of hydrogen-bond acceptors (Lipinski definition) is 3. The molecule has 2 aromatic rings. The van der Waals surface area contributed by atoms with Crippen molar-refractivity contribution >= 4 is 23.0 Å². The number of anilines is 3. The number of nitrogens with one attached hydrogen (secondary N) is 1. The molecule has 27 heavy (non-hydrogen) atoms. The van der Waals surface area contributed by atoms with Crippen LogP contribution >= 0.6 is 0 Å². The Morgan fingerprint density at radius 2 is 1.74 bits per heavy atom. The summed E-state index contributed by atoms with van der Waals surface area (Å²) in [5.74, 6) is 0.871. The van der Waals surface area contributed by atoms with E-state index in [4.69, 9.17) is 0 Å². The lowest BCUT2D eigenvalue weighted by atomic mass is 9.99. The summed E-state index contributed by atoms with van der Waals surface area (Å²) in [5.41, 5.74) is 4.64. The highest BCUT2D eigenvalue weighted by molar-refractivity contribution is 5.94. The number of piperidine rings is 1. The van der Waals surface area contributed by atoms with Crippen LogP contribution in [0.1, 0.15) is 32.3 Å². The molecule has 142 valence electrons. The van der Waals surface area contributed by atoms with Gasteiger partial charge in [-0.15, -0.1) is 0 Å². The molecule has 1 fully saturated rings. The number of hydrogen-bond donors (Lipinski definition) is 1. The third-order valence-corrected chi connectivity index (χ3v) is 5.96. The van der Waals surface area contributed by atoms with E-state index in [0.29, 0.717) is 12.6 Å². The molecule has 4 rings (SSSR count). The van der Waals surface area contributed by atoms with Crippen molar-refractivity contribution in [3.05, 3.63) is 54.1 Å². The zero-order chi connectivity index (χ0) is 18.8. The molecule has 2 aromatic carbocycles. The third-order valence-electron chi connectivity index (χ3n) is 5.96. The van der Waals surface area contributed by atoms with Crippen molar-refractivity contribution in [3.63, 3.8) is 0 Å². The van der Waals surface area contributed by atoms with E-state index in [-0.39, 0.29) is 5.91 Å². The van der Waals surface area contributed by atoms with Crippen LogP contribution in [-0.2, 0) is 11.2 Å². The summed E-state index contributed by atoms with van der Waals surface area (Å²) in [6.45, 7) is 7.15. The Morgan fingerprint density at radius 3 is 2.48 bits per heavy atom. The van der Waals surface area contributed by atoms with Crippen molar-refractivity contribution in [1.29, 1.82) is 0 Å². The fourth-order valence-corrected chi connectivity index (χ4v) is 4.25. The van der Waals surface area contributed by atoms with Crippen molar-refractivity contribution in [2.45, 2.75) is 39.2 Å². The molecular weight excluding hydrogens is 334 g/mol. The maximum Gasteiger partial charge on any atom is 0.243 e. The van der Waals surface area contributed by atoms with Gasteiger partial charge in [0.25, 0.3) is 0 Å². The van der Waals surface area contributed by atoms with Gasteiger partial charge in [-0.05, 0) is 68.0 Å². The highest BCUT2D eigenvalue weighted by Gasteiger charge is 2.27. The van der Waals surface area contributed by atoms with Crippen molar-refractivity contribution in [2.24, 2.45) is 5.92 Å². The molecule has 0 aromatic heterocycles. The normalized spacial score (nSPS) is 19.9. The van der Waals surface area contributed by atoms with E-state index in [9.17, 15) is 4.79 Å². The topological polar surface area (TPSA) is 35.6 Å². The van der Waals surface area contributed by atoms with Gasteiger partial charge >= 0.3 is 0 Å². The summed E-state index contributed by atoms with van der Waals surface area (Å²) >= 11 is 0. The SMILES string of the molecule is CC1CCN(c2ccc(NC(=O)CN3c4ccccc4CC3C)cc2)CC1. The van der Waals surface area contributed by atoms with Gasteiger partial charge in [-0.2, -0.15) is 0 Å². The van der Waals surface area contributed by atoms with Crippen LogP contribution in [0.3, 0.4) is 0 Å². The van der Waals surface area contributed by atoms with Crippen LogP contribution in [0.25, 0.3) is 0 Å². The maximum absolute atomic E-state index is 12.6. The molecule has 1 unspecified atom stereocenters. The lowest BCUT2D eigenvalue weighted by Gasteiger charge is -2.32. The van der Waals surface area contributed by atoms with Gasteiger partial charge in [-0.25, -0.2) is 0 Å². The molecular formula is C23H29N3O. The minimum Gasteiger partial charge on any atom is -0.372 e. The fraction of sp³-hybridized carbons (Fsp3) is 0.435. The second kappa shape index (κ2) is 7.63. The highest BCUT2D eigenvalue weighted by atomic mass is 16.2. The van der Waals surface area contributed by atoms with E-state index in [1.807, 2.05) is 18.2 Å². The number of rotatable bonds is 4. The summed E-state index contributed by atoms with van der Waals surface area (Å²) < 4.78 is 0. The lowest BCUT2D eigenvalue weighted by Crippen LogP contribution is -2.37. The Balaban J connectivity index is 1.36. The van der Waals surface area contributed by atoms with Gasteiger partial charge in [0.1, 0.15) is 0 Å². The molecule has 4 nitrogen and oxygen atoms in total. The zero-order valence-electron chi connectivity index (χ0n) is 16.3. The Bertz CT molecular complexity index is 794. The minimum absolute atomic E-state index is 0.0399. The number of nitrogens with zero attached hydrogens (tertiary/aromatic N) is 2. The van der Waals surface area contributed by atoms with E-state index >= 15 is 0 Å². The van der Waals surface area contributed by atoms with Gasteiger partial charge in [0.05, 0.1) is 6.54 Å². The second-order valence-electron chi connectivity index (χ2n) is 8.07. The van der Waals surface area contributed by atoms with Gasteiger partial charge in [-0.1, -0.05) is 25.1 Å². The summed E-state index contributed by atoms with van der Waals surface area (Å²) in [5, 5.41) is 3.06. The first kappa shape index (κ1) is 17.9. The smallest absolute Gasteiger partial charge is 0.243 e. The molecule has 1 amide bonds. The molecule has 1 saturated heterocycles. The van der Waals surface area contributed by atoms with Crippen molar-refractivity contribution in [3.8, 4) is 0 Å². The first-order chi connectivity index (χ1) is 13.1. The number of carbonyl (C=O) groups excluding carboxylic acids is 1. The van der Waals surface area contributed by atoms with Crippen LogP contribution in [0.5, 0.6) is 0 Å². The number of fused-ring (bicyclic) bond motifs is 1. The molecule has 2 heterocycles. The molecule has 4 heteroatoms. The first-order valence-electron chi connectivity index (χ1n) is 10.1. The van der Waals surface area contributed by atoms with E-state index < -0.39 is 0 Å². The zero-order valence-corrected chi connectivity index (χ0v) is 16.3. The quantitative estimate of drug-likeness (QED) is 0.879. The molecule has 0 bridgehead atoms. The Labute approximate surface area is 162 Å². The average molecular weight is 364 g/mol. The Morgan fingerprint density at radius 1 is 1.04 bits per heavy atom. The largest absolute Gasteiger partial charge is 0.372 e. The van der Waals surface area contributed by atoms with Crippen LogP contribution in [0, 0.1) is 5.92 Å². The minimum atomic E-state index is 0.0399. The summed E-state index contributed by atoms with van der Waals surface area (Å²) in [7, 11) is 0. The number of para-hydroxylation sites is 1. The third kappa shape index (κ3) is 3.95. The predicted octanol–water partition coefficient (Wildman–Crippen LogP) is 4.31. The van der Waals surface area contributed by atoms with E-state index in [0.717, 1.165) is 31.1 Å². The van der Waals surface area contributed by atoms with Crippen LogP contribution in [0.15, 0.2) is 48.5 Å². The first-order valence-corrected chi connectivity index (χ1v) is 10.1. The van der Waals surface area contributed by atoms with Gasteiger partial charge in [0, 0.05) is 36.2 Å². The van der Waals surface area contributed by atoms with Gasteiger partial charge < -0.3 is 15.1 Å². The summed E-state index contributed by atoms with van der Waals surface area (Å²) in [6, 6.07) is 17.0. The van der Waals surface area contributed by atoms with E-state index in [2.05, 4.69) is 59.3 Å². The van der Waals surface area contributed by atoms with Crippen LogP contribution < -0.4 is 15.1 Å². The van der Waals surface area contributed by atoms with Crippen LogP contribution in [-0.4, -0.2) is 31.6 Å².